The summed E-state index contributed by atoms with van der Waals surface area (Å²) in [6, 6.07) is 8.92. The summed E-state index contributed by atoms with van der Waals surface area (Å²) >= 11 is 0. The largest absolute Gasteiger partial charge is 0.378 e. The number of nitrogens with zero attached hydrogens (tertiary/aromatic N) is 2. The molecule has 2 fully saturated rings. The van der Waals surface area contributed by atoms with Crippen LogP contribution < -0.4 is 5.73 Å². The van der Waals surface area contributed by atoms with Gasteiger partial charge in [0.05, 0.1) is 19.8 Å². The van der Waals surface area contributed by atoms with Crippen molar-refractivity contribution in [1.29, 1.82) is 0 Å². The van der Waals surface area contributed by atoms with Gasteiger partial charge in [-0.15, -0.1) is 24.0 Å². The number of ether oxygens (including phenoxy) is 1. The van der Waals surface area contributed by atoms with Crippen molar-refractivity contribution in [2.75, 3.05) is 32.8 Å². The molecule has 23 heavy (non-hydrogen) atoms. The van der Waals surface area contributed by atoms with E-state index in [1.165, 1.54) is 36.8 Å². The molecule has 2 N–H and O–H groups in total. The highest BCUT2D eigenvalue weighted by atomic mass is 127. The van der Waals surface area contributed by atoms with Crippen LogP contribution in [0.4, 0.5) is 0 Å². The predicted octanol–water partition coefficient (Wildman–Crippen LogP) is 3.07. The Labute approximate surface area is 156 Å². The summed E-state index contributed by atoms with van der Waals surface area (Å²) in [5, 5.41) is 0. The number of hydrogen-bond donors (Lipinski definition) is 1. The highest BCUT2D eigenvalue weighted by molar-refractivity contribution is 14.0. The molecule has 0 aromatic heterocycles. The molecule has 4 nitrogen and oxygen atoms in total. The quantitative estimate of drug-likeness (QED) is 0.457. The minimum atomic E-state index is 0. The molecule has 0 bridgehead atoms. The molecule has 1 aliphatic carbocycles. The van der Waals surface area contributed by atoms with Gasteiger partial charge in [0.1, 0.15) is 0 Å². The first kappa shape index (κ1) is 18.5. The lowest BCUT2D eigenvalue weighted by Gasteiger charge is -2.31. The molecule has 1 saturated carbocycles. The summed E-state index contributed by atoms with van der Waals surface area (Å²) in [7, 11) is 0. The van der Waals surface area contributed by atoms with Crippen molar-refractivity contribution in [1.82, 2.24) is 4.90 Å². The van der Waals surface area contributed by atoms with E-state index in [0.29, 0.717) is 5.96 Å². The highest BCUT2D eigenvalue weighted by Gasteiger charge is 2.35. The van der Waals surface area contributed by atoms with Crippen molar-refractivity contribution >= 4 is 29.9 Å². The van der Waals surface area contributed by atoms with E-state index in [-0.39, 0.29) is 29.4 Å². The Morgan fingerprint density at radius 3 is 2.61 bits per heavy atom. The van der Waals surface area contributed by atoms with E-state index in [1.807, 2.05) is 0 Å². The first-order chi connectivity index (χ1) is 10.7. The van der Waals surface area contributed by atoms with Crippen LogP contribution in [0.25, 0.3) is 0 Å². The molecule has 1 heterocycles. The maximum Gasteiger partial charge on any atom is 0.191 e. The Hall–Kier alpha value is -0.820. The van der Waals surface area contributed by atoms with Gasteiger partial charge in [-0.25, -0.2) is 0 Å². The normalized spacial score (nSPS) is 21.1. The van der Waals surface area contributed by atoms with E-state index in [2.05, 4.69) is 36.1 Å². The first-order valence-electron chi connectivity index (χ1n) is 8.39. The number of guanidine groups is 1. The number of rotatable bonds is 3. The molecule has 0 radical (unpaired) electrons. The van der Waals surface area contributed by atoms with Crippen LogP contribution in [0.1, 0.15) is 36.8 Å². The van der Waals surface area contributed by atoms with Crippen LogP contribution in [0.5, 0.6) is 0 Å². The van der Waals surface area contributed by atoms with Crippen LogP contribution in [-0.4, -0.2) is 43.7 Å². The number of morpholine rings is 1. The molecule has 2 aliphatic rings. The zero-order valence-electron chi connectivity index (χ0n) is 14.0. The second-order valence-corrected chi connectivity index (χ2v) is 6.63. The second kappa shape index (κ2) is 8.33. The summed E-state index contributed by atoms with van der Waals surface area (Å²) < 4.78 is 5.38. The Morgan fingerprint density at radius 2 is 1.96 bits per heavy atom. The fourth-order valence-corrected chi connectivity index (χ4v) is 3.69. The average molecular weight is 429 g/mol. The summed E-state index contributed by atoms with van der Waals surface area (Å²) in [5.74, 6) is 0.683. The second-order valence-electron chi connectivity index (χ2n) is 6.63. The Kier molecular flexibility index (Phi) is 6.71. The van der Waals surface area contributed by atoms with E-state index in [0.717, 1.165) is 32.8 Å². The fourth-order valence-electron chi connectivity index (χ4n) is 3.69. The fraction of sp³-hybridized carbons (Fsp3) is 0.611. The van der Waals surface area contributed by atoms with Crippen LogP contribution in [0.2, 0.25) is 0 Å². The van der Waals surface area contributed by atoms with Gasteiger partial charge in [-0.1, -0.05) is 42.7 Å². The maximum absolute atomic E-state index is 6.21. The average Bonchev–Trinajstić information content (AvgIpc) is 3.04. The lowest BCUT2D eigenvalue weighted by atomic mass is 9.78. The number of hydrogen-bond acceptors (Lipinski definition) is 2. The minimum absolute atomic E-state index is 0. The molecule has 1 saturated heterocycles. The van der Waals surface area contributed by atoms with Gasteiger partial charge >= 0.3 is 0 Å². The SMILES string of the molecule is Cc1cccc(C2(CN=C(N)N3CCOCC3)CCCC2)c1.I. The topological polar surface area (TPSA) is 50.8 Å². The Balaban J connectivity index is 0.00000192. The van der Waals surface area contributed by atoms with Gasteiger partial charge in [0.25, 0.3) is 0 Å². The zero-order valence-corrected chi connectivity index (χ0v) is 16.3. The van der Waals surface area contributed by atoms with Crippen LogP contribution in [0.3, 0.4) is 0 Å². The van der Waals surface area contributed by atoms with Gasteiger partial charge < -0.3 is 15.4 Å². The molecule has 1 aliphatic heterocycles. The van der Waals surface area contributed by atoms with Gasteiger partial charge in [-0.2, -0.15) is 0 Å². The monoisotopic (exact) mass is 429 g/mol. The number of aliphatic imine (C=N–C) groups is 1. The zero-order chi connectivity index (χ0) is 15.4. The van der Waals surface area contributed by atoms with Crippen LogP contribution >= 0.6 is 24.0 Å². The van der Waals surface area contributed by atoms with E-state index in [1.54, 1.807) is 0 Å². The third-order valence-corrected chi connectivity index (χ3v) is 5.07. The van der Waals surface area contributed by atoms with Gasteiger partial charge in [0.15, 0.2) is 5.96 Å². The molecule has 5 heteroatoms. The number of aryl methyl sites for hydroxylation is 1. The molecule has 0 unspecified atom stereocenters. The molecule has 1 aromatic carbocycles. The van der Waals surface area contributed by atoms with Crippen molar-refractivity contribution < 1.29 is 4.74 Å². The maximum atomic E-state index is 6.21. The van der Waals surface area contributed by atoms with Crippen molar-refractivity contribution in [3.05, 3.63) is 35.4 Å². The Bertz CT molecular complexity index is 535. The van der Waals surface area contributed by atoms with Crippen molar-refractivity contribution in [3.63, 3.8) is 0 Å². The van der Waals surface area contributed by atoms with E-state index in [4.69, 9.17) is 15.5 Å². The van der Waals surface area contributed by atoms with Gasteiger partial charge in [0.2, 0.25) is 0 Å². The summed E-state index contributed by atoms with van der Waals surface area (Å²) in [4.78, 5) is 6.91. The molecule has 128 valence electrons. The molecular weight excluding hydrogens is 401 g/mol. The first-order valence-corrected chi connectivity index (χ1v) is 8.39. The molecule has 0 amide bonds. The number of halogens is 1. The molecular formula is C18H28IN3O. The van der Waals surface area contributed by atoms with Crippen molar-refractivity contribution in [2.45, 2.75) is 38.0 Å². The lowest BCUT2D eigenvalue weighted by Crippen LogP contribution is -2.45. The number of nitrogens with two attached hydrogens (primary N) is 1. The van der Waals surface area contributed by atoms with Gasteiger partial charge in [-0.3, -0.25) is 4.99 Å². The van der Waals surface area contributed by atoms with E-state index >= 15 is 0 Å². The lowest BCUT2D eigenvalue weighted by molar-refractivity contribution is 0.0673. The smallest absolute Gasteiger partial charge is 0.191 e. The molecule has 0 atom stereocenters. The van der Waals surface area contributed by atoms with Crippen molar-refractivity contribution in [3.8, 4) is 0 Å². The van der Waals surface area contributed by atoms with Gasteiger partial charge in [0, 0.05) is 18.5 Å². The summed E-state index contributed by atoms with van der Waals surface area (Å²) in [5.41, 5.74) is 9.16. The van der Waals surface area contributed by atoms with Crippen LogP contribution in [-0.2, 0) is 10.2 Å². The van der Waals surface area contributed by atoms with Crippen molar-refractivity contribution in [2.24, 2.45) is 10.7 Å². The van der Waals surface area contributed by atoms with Crippen LogP contribution in [0.15, 0.2) is 29.3 Å². The minimum Gasteiger partial charge on any atom is -0.378 e. The van der Waals surface area contributed by atoms with E-state index in [9.17, 15) is 0 Å². The summed E-state index contributed by atoms with van der Waals surface area (Å²) in [6.45, 7) is 6.18. The molecule has 0 spiro atoms. The molecule has 3 rings (SSSR count). The third kappa shape index (κ3) is 4.38. The predicted molar refractivity (Wildman–Crippen MR) is 106 cm³/mol. The Morgan fingerprint density at radius 1 is 1.26 bits per heavy atom. The number of benzene rings is 1. The van der Waals surface area contributed by atoms with E-state index < -0.39 is 0 Å². The third-order valence-electron chi connectivity index (χ3n) is 5.07. The van der Waals surface area contributed by atoms with Gasteiger partial charge in [-0.05, 0) is 25.3 Å². The summed E-state index contributed by atoms with van der Waals surface area (Å²) in [6.07, 6.45) is 5.02. The highest BCUT2D eigenvalue weighted by Crippen LogP contribution is 2.41. The molecule has 1 aromatic rings. The standard InChI is InChI=1S/C18H27N3O.HI/c1-15-5-4-6-16(13-15)18(7-2-3-8-18)14-20-17(19)21-9-11-22-12-10-21;/h4-6,13H,2-3,7-12,14H2,1H3,(H2,19,20);1H. The van der Waals surface area contributed by atoms with Crippen LogP contribution in [0, 0.1) is 6.92 Å².